The minimum Gasteiger partial charge on any atom is -0.363 e. The minimum absolute atomic E-state index is 0.0339. The lowest BCUT2D eigenvalue weighted by atomic mass is 9.93. The van der Waals surface area contributed by atoms with Crippen LogP contribution in [0.1, 0.15) is 32.6 Å². The number of hydrogen-bond acceptors (Lipinski definition) is 4. The van der Waals surface area contributed by atoms with Gasteiger partial charge in [0.2, 0.25) is 0 Å². The summed E-state index contributed by atoms with van der Waals surface area (Å²) in [5.74, 6) is -0.306. The molecule has 4 rings (SSSR count). The molecule has 0 saturated heterocycles. The van der Waals surface area contributed by atoms with Gasteiger partial charge in [-0.15, -0.1) is 0 Å². The molecule has 0 aliphatic carbocycles. The van der Waals surface area contributed by atoms with Crippen LogP contribution in [0.3, 0.4) is 0 Å². The zero-order valence-electron chi connectivity index (χ0n) is 15.5. The van der Waals surface area contributed by atoms with Crippen molar-refractivity contribution in [3.05, 3.63) is 110 Å². The van der Waals surface area contributed by atoms with Crippen LogP contribution in [0.5, 0.6) is 0 Å². The van der Waals surface area contributed by atoms with E-state index in [1.165, 1.54) is 17.0 Å². The summed E-state index contributed by atoms with van der Waals surface area (Å²) in [6.07, 6.45) is 0. The molecular weight excluding hydrogens is 392 g/mol. The van der Waals surface area contributed by atoms with Gasteiger partial charge in [0, 0.05) is 40.4 Å². The highest BCUT2D eigenvalue weighted by molar-refractivity contribution is 6.30. The van der Waals surface area contributed by atoms with Crippen LogP contribution in [0.15, 0.2) is 66.7 Å². The standard InChI is InChI=1S/C22H17ClN2O4/c1-14-2-11-20-19(12-14)21(26)24(13-15-3-9-18(10-4-15)25(28)29)22(20,27)16-5-7-17(23)8-6-16/h2-12,27H,13H2,1H3. The first-order valence-corrected chi connectivity index (χ1v) is 9.33. The topological polar surface area (TPSA) is 83.7 Å². The van der Waals surface area contributed by atoms with Crippen molar-refractivity contribution in [2.24, 2.45) is 0 Å². The molecule has 0 radical (unpaired) electrons. The van der Waals surface area contributed by atoms with Gasteiger partial charge in [-0.25, -0.2) is 0 Å². The SMILES string of the molecule is Cc1ccc2c(c1)C(=O)N(Cc1ccc([N+](=O)[O-])cc1)C2(O)c1ccc(Cl)cc1. The highest BCUT2D eigenvalue weighted by Gasteiger charge is 2.49. The number of nitrogens with zero attached hydrogens (tertiary/aromatic N) is 2. The Morgan fingerprint density at radius 2 is 1.72 bits per heavy atom. The summed E-state index contributed by atoms with van der Waals surface area (Å²) in [6.45, 7) is 1.97. The van der Waals surface area contributed by atoms with Crippen molar-refractivity contribution in [2.45, 2.75) is 19.2 Å². The molecule has 1 atom stereocenters. The zero-order chi connectivity index (χ0) is 20.8. The summed E-state index contributed by atoms with van der Waals surface area (Å²) in [5.41, 5.74) is 1.32. The minimum atomic E-state index is -1.67. The number of hydrogen-bond donors (Lipinski definition) is 1. The average molecular weight is 409 g/mol. The number of halogens is 1. The van der Waals surface area contributed by atoms with Gasteiger partial charge in [0.1, 0.15) is 0 Å². The Labute approximate surface area is 172 Å². The molecule has 1 heterocycles. The van der Waals surface area contributed by atoms with E-state index in [0.717, 1.165) is 5.56 Å². The number of nitro benzene ring substituents is 1. The van der Waals surface area contributed by atoms with Crippen molar-refractivity contribution in [1.82, 2.24) is 4.90 Å². The van der Waals surface area contributed by atoms with Crippen molar-refractivity contribution in [3.63, 3.8) is 0 Å². The van der Waals surface area contributed by atoms with Crippen LogP contribution in [0.2, 0.25) is 5.02 Å². The maximum Gasteiger partial charge on any atom is 0.269 e. The van der Waals surface area contributed by atoms with E-state index in [1.807, 2.05) is 13.0 Å². The van der Waals surface area contributed by atoms with Gasteiger partial charge in [-0.2, -0.15) is 0 Å². The van der Waals surface area contributed by atoms with E-state index in [-0.39, 0.29) is 18.1 Å². The number of carbonyl (C=O) groups excluding carboxylic acids is 1. The first-order chi connectivity index (χ1) is 13.8. The first-order valence-electron chi connectivity index (χ1n) is 8.95. The molecule has 0 spiro atoms. The fraction of sp³-hybridized carbons (Fsp3) is 0.136. The monoisotopic (exact) mass is 408 g/mol. The first kappa shape index (κ1) is 19.1. The average Bonchev–Trinajstić information content (AvgIpc) is 2.91. The van der Waals surface area contributed by atoms with E-state index in [4.69, 9.17) is 11.6 Å². The van der Waals surface area contributed by atoms with Crippen molar-refractivity contribution in [3.8, 4) is 0 Å². The summed E-state index contributed by atoms with van der Waals surface area (Å²) in [7, 11) is 0. The largest absolute Gasteiger partial charge is 0.363 e. The summed E-state index contributed by atoms with van der Waals surface area (Å²) < 4.78 is 0. The number of amides is 1. The fourth-order valence-electron chi connectivity index (χ4n) is 3.66. The lowest BCUT2D eigenvalue weighted by molar-refractivity contribution is -0.384. The van der Waals surface area contributed by atoms with Crippen molar-refractivity contribution in [2.75, 3.05) is 0 Å². The molecule has 29 heavy (non-hydrogen) atoms. The fourth-order valence-corrected chi connectivity index (χ4v) is 3.79. The second-order valence-corrected chi connectivity index (χ2v) is 7.48. The number of aliphatic hydroxyl groups is 1. The van der Waals surface area contributed by atoms with Crippen LogP contribution in [-0.2, 0) is 12.3 Å². The zero-order valence-corrected chi connectivity index (χ0v) is 16.3. The molecule has 3 aromatic rings. The van der Waals surface area contributed by atoms with Crippen molar-refractivity contribution < 1.29 is 14.8 Å². The smallest absolute Gasteiger partial charge is 0.269 e. The summed E-state index contributed by atoms with van der Waals surface area (Å²) in [5, 5.41) is 23.2. The predicted octanol–water partition coefficient (Wildman–Crippen LogP) is 4.41. The van der Waals surface area contributed by atoms with Crippen LogP contribution >= 0.6 is 11.6 Å². The molecule has 1 unspecified atom stereocenters. The normalized spacial score (nSPS) is 18.0. The lowest BCUT2D eigenvalue weighted by Crippen LogP contribution is -2.44. The number of non-ortho nitro benzene ring substituents is 1. The second kappa shape index (κ2) is 6.99. The Morgan fingerprint density at radius 3 is 2.34 bits per heavy atom. The molecule has 1 aliphatic rings. The lowest BCUT2D eigenvalue weighted by Gasteiger charge is -2.35. The third kappa shape index (κ3) is 3.16. The quantitative estimate of drug-likeness (QED) is 0.512. The van der Waals surface area contributed by atoms with Crippen LogP contribution < -0.4 is 0 Å². The molecule has 6 nitrogen and oxygen atoms in total. The van der Waals surface area contributed by atoms with Crippen LogP contribution in [0.4, 0.5) is 5.69 Å². The van der Waals surface area contributed by atoms with Gasteiger partial charge >= 0.3 is 0 Å². The van der Waals surface area contributed by atoms with Gasteiger partial charge < -0.3 is 5.11 Å². The van der Waals surface area contributed by atoms with E-state index in [2.05, 4.69) is 0 Å². The molecule has 3 aromatic carbocycles. The van der Waals surface area contributed by atoms with Crippen molar-refractivity contribution >= 4 is 23.2 Å². The predicted molar refractivity (Wildman–Crippen MR) is 109 cm³/mol. The van der Waals surface area contributed by atoms with Gasteiger partial charge in [-0.05, 0) is 30.7 Å². The molecule has 1 amide bonds. The third-order valence-electron chi connectivity index (χ3n) is 5.15. The number of fused-ring (bicyclic) bond motifs is 1. The van der Waals surface area contributed by atoms with E-state index in [0.29, 0.717) is 27.3 Å². The Balaban J connectivity index is 1.81. The number of rotatable bonds is 4. The van der Waals surface area contributed by atoms with Gasteiger partial charge in [-0.1, -0.05) is 53.6 Å². The molecule has 1 N–H and O–H groups in total. The van der Waals surface area contributed by atoms with E-state index in [1.54, 1.807) is 48.5 Å². The highest BCUT2D eigenvalue weighted by Crippen LogP contribution is 2.43. The molecule has 0 fully saturated rings. The maximum atomic E-state index is 13.2. The maximum absolute atomic E-state index is 13.2. The summed E-state index contributed by atoms with van der Waals surface area (Å²) >= 11 is 6.00. The van der Waals surface area contributed by atoms with E-state index >= 15 is 0 Å². The molecule has 1 aliphatic heterocycles. The molecule has 7 heteroatoms. The summed E-state index contributed by atoms with van der Waals surface area (Å²) in [4.78, 5) is 25.0. The third-order valence-corrected chi connectivity index (χ3v) is 5.40. The van der Waals surface area contributed by atoms with Crippen LogP contribution in [0, 0.1) is 17.0 Å². The Bertz CT molecular complexity index is 1110. The van der Waals surface area contributed by atoms with E-state index < -0.39 is 10.6 Å². The molecule has 146 valence electrons. The van der Waals surface area contributed by atoms with Crippen LogP contribution in [0.25, 0.3) is 0 Å². The molecular formula is C22H17ClN2O4. The van der Waals surface area contributed by atoms with Gasteiger partial charge in [0.15, 0.2) is 5.72 Å². The van der Waals surface area contributed by atoms with Gasteiger partial charge in [-0.3, -0.25) is 19.8 Å². The Kier molecular flexibility index (Phi) is 4.61. The van der Waals surface area contributed by atoms with E-state index in [9.17, 15) is 20.0 Å². The van der Waals surface area contributed by atoms with Crippen molar-refractivity contribution in [1.29, 1.82) is 0 Å². The Morgan fingerprint density at radius 1 is 1.07 bits per heavy atom. The Hall–Kier alpha value is -3.22. The molecule has 0 saturated carbocycles. The van der Waals surface area contributed by atoms with Crippen LogP contribution in [-0.4, -0.2) is 20.8 Å². The highest BCUT2D eigenvalue weighted by atomic mass is 35.5. The summed E-state index contributed by atoms with van der Waals surface area (Å²) in [6, 6.07) is 18.0. The molecule has 0 bridgehead atoms. The molecule has 0 aromatic heterocycles. The number of benzene rings is 3. The number of aryl methyl sites for hydroxylation is 1. The number of nitro groups is 1. The second-order valence-electron chi connectivity index (χ2n) is 7.04. The van der Waals surface area contributed by atoms with Gasteiger partial charge in [0.25, 0.3) is 11.6 Å². The number of carbonyl (C=O) groups is 1. The van der Waals surface area contributed by atoms with Gasteiger partial charge in [0.05, 0.1) is 4.92 Å².